The number of hydrogen-bond acceptors (Lipinski definition) is 6. The summed E-state index contributed by atoms with van der Waals surface area (Å²) in [5, 5.41) is 17.3. The second-order valence-corrected chi connectivity index (χ2v) is 10.2. The first-order valence-corrected chi connectivity index (χ1v) is 11.7. The van der Waals surface area contributed by atoms with Crippen molar-refractivity contribution in [3.05, 3.63) is 64.0 Å². The van der Waals surface area contributed by atoms with Gasteiger partial charge in [-0.3, -0.25) is 15.6 Å². The quantitative estimate of drug-likeness (QED) is 0.486. The van der Waals surface area contributed by atoms with E-state index in [9.17, 15) is 14.4 Å². The molecule has 0 unspecified atom stereocenters. The lowest BCUT2D eigenvalue weighted by molar-refractivity contribution is 0.0216. The van der Waals surface area contributed by atoms with Crippen LogP contribution in [0.3, 0.4) is 0 Å². The Morgan fingerprint density at radius 2 is 1.79 bits per heavy atom. The van der Waals surface area contributed by atoms with E-state index in [-0.39, 0.29) is 22.5 Å². The third kappa shape index (κ3) is 5.28. The highest BCUT2D eigenvalue weighted by Gasteiger charge is 2.35. The number of nitrogens with one attached hydrogen (secondary N) is 2. The molecule has 1 aromatic heterocycles. The number of carboxylic acids is 1. The summed E-state index contributed by atoms with van der Waals surface area (Å²) in [6.45, 7) is 5.91. The molecule has 0 atom stereocenters. The Hall–Kier alpha value is -3.66. The molecule has 4 rings (SSSR count). The Morgan fingerprint density at radius 1 is 1.15 bits per heavy atom. The molecule has 2 amide bonds. The van der Waals surface area contributed by atoms with Crippen molar-refractivity contribution < 1.29 is 24.2 Å². The van der Waals surface area contributed by atoms with E-state index in [2.05, 4.69) is 5.43 Å². The monoisotopic (exact) mass is 482 g/mol. The van der Waals surface area contributed by atoms with E-state index in [1.807, 2.05) is 20.8 Å². The highest BCUT2D eigenvalue weighted by atomic mass is 32.1. The summed E-state index contributed by atoms with van der Waals surface area (Å²) < 4.78 is 7.45. The van der Waals surface area contributed by atoms with Crippen LogP contribution in [0, 0.1) is 5.41 Å². The van der Waals surface area contributed by atoms with Gasteiger partial charge in [0.15, 0.2) is 0 Å². The molecule has 10 heteroatoms. The van der Waals surface area contributed by atoms with Crippen LogP contribution in [0.2, 0.25) is 0 Å². The number of aromatic nitrogens is 1. The standard InChI is InChI=1S/C24H26N4O5S/c1-24(2,3)33-23(32)27(17-9-10-17)13-14-4-6-15(7-5-14)20(29)26-28-18-11-8-16(21(30)31)12-19(18)34-22(28)25/h4-8,11-12,17,25H,9-10,13H2,1-3H3,(H,26,29)(H,30,31). The van der Waals surface area contributed by atoms with Crippen molar-refractivity contribution in [1.29, 1.82) is 5.41 Å². The number of hydrogen-bond donors (Lipinski definition) is 3. The molecule has 0 bridgehead atoms. The number of rotatable bonds is 6. The lowest BCUT2D eigenvalue weighted by Gasteiger charge is -2.27. The van der Waals surface area contributed by atoms with Crippen molar-refractivity contribution in [3.8, 4) is 0 Å². The van der Waals surface area contributed by atoms with Gasteiger partial charge in [-0.15, -0.1) is 0 Å². The normalized spacial score (nSPS) is 13.5. The van der Waals surface area contributed by atoms with Crippen molar-refractivity contribution in [2.24, 2.45) is 0 Å². The molecule has 1 aliphatic rings. The van der Waals surface area contributed by atoms with Gasteiger partial charge in [0, 0.05) is 18.2 Å². The van der Waals surface area contributed by atoms with Crippen LogP contribution in [0.15, 0.2) is 42.5 Å². The summed E-state index contributed by atoms with van der Waals surface area (Å²) in [5.74, 6) is -1.46. The third-order valence-electron chi connectivity index (χ3n) is 5.26. The largest absolute Gasteiger partial charge is 0.478 e. The predicted octanol–water partition coefficient (Wildman–Crippen LogP) is 4.16. The molecule has 9 nitrogen and oxygen atoms in total. The van der Waals surface area contributed by atoms with Gasteiger partial charge >= 0.3 is 12.1 Å². The number of thiazole rings is 1. The number of carbonyl (C=O) groups excluding carboxylic acids is 2. The molecule has 1 fully saturated rings. The first kappa shape index (κ1) is 23.5. The summed E-state index contributed by atoms with van der Waals surface area (Å²) in [7, 11) is 0. The number of amides is 2. The topological polar surface area (TPSA) is 125 Å². The maximum absolute atomic E-state index is 12.8. The molecular formula is C24H26N4O5S. The molecular weight excluding hydrogens is 456 g/mol. The number of benzene rings is 2. The lowest BCUT2D eigenvalue weighted by Crippen LogP contribution is -2.37. The van der Waals surface area contributed by atoms with Crippen molar-refractivity contribution in [2.45, 2.75) is 51.8 Å². The van der Waals surface area contributed by atoms with Gasteiger partial charge in [-0.25, -0.2) is 14.3 Å². The van der Waals surface area contributed by atoms with E-state index in [1.54, 1.807) is 35.2 Å². The minimum atomic E-state index is -1.05. The minimum absolute atomic E-state index is 0.0694. The molecule has 0 radical (unpaired) electrons. The Morgan fingerprint density at radius 3 is 2.38 bits per heavy atom. The summed E-state index contributed by atoms with van der Waals surface area (Å²) >= 11 is 1.07. The van der Waals surface area contributed by atoms with Crippen LogP contribution >= 0.6 is 11.3 Å². The molecule has 178 valence electrons. The van der Waals surface area contributed by atoms with Gasteiger partial charge in [-0.05, 0) is 69.5 Å². The zero-order valence-corrected chi connectivity index (χ0v) is 19.9. The molecule has 1 saturated carbocycles. The highest BCUT2D eigenvalue weighted by molar-refractivity contribution is 7.16. The maximum atomic E-state index is 12.8. The van der Waals surface area contributed by atoms with Gasteiger partial charge < -0.3 is 14.7 Å². The number of carbonyl (C=O) groups is 3. The average molecular weight is 483 g/mol. The molecule has 2 aromatic carbocycles. The molecule has 1 aliphatic carbocycles. The van der Waals surface area contributed by atoms with E-state index in [4.69, 9.17) is 15.3 Å². The van der Waals surface area contributed by atoms with E-state index in [0.29, 0.717) is 22.3 Å². The van der Waals surface area contributed by atoms with E-state index in [0.717, 1.165) is 29.7 Å². The molecule has 34 heavy (non-hydrogen) atoms. The van der Waals surface area contributed by atoms with Crippen LogP contribution in [-0.4, -0.2) is 44.3 Å². The van der Waals surface area contributed by atoms with Crippen LogP contribution in [0.1, 0.15) is 59.9 Å². The fraction of sp³-hybridized carbons (Fsp3) is 0.333. The molecule has 0 aliphatic heterocycles. The van der Waals surface area contributed by atoms with Gasteiger partial charge in [-0.2, -0.15) is 0 Å². The maximum Gasteiger partial charge on any atom is 0.410 e. The second-order valence-electron chi connectivity index (χ2n) is 9.21. The number of aromatic carboxylic acids is 1. The van der Waals surface area contributed by atoms with Crippen molar-refractivity contribution in [3.63, 3.8) is 0 Å². The summed E-state index contributed by atoms with van der Waals surface area (Å²) in [4.78, 5) is 38.4. The predicted molar refractivity (Wildman–Crippen MR) is 128 cm³/mol. The fourth-order valence-corrected chi connectivity index (χ4v) is 4.35. The van der Waals surface area contributed by atoms with Gasteiger partial charge in [0.1, 0.15) is 5.60 Å². The molecule has 0 saturated heterocycles. The molecule has 3 N–H and O–H groups in total. The van der Waals surface area contributed by atoms with Crippen LogP contribution in [-0.2, 0) is 11.3 Å². The first-order valence-electron chi connectivity index (χ1n) is 10.9. The Kier molecular flexibility index (Phi) is 6.18. The zero-order chi connectivity index (χ0) is 24.6. The highest BCUT2D eigenvalue weighted by Crippen LogP contribution is 2.30. The fourth-order valence-electron chi connectivity index (χ4n) is 3.46. The SMILES string of the molecule is CC(C)(C)OC(=O)N(Cc1ccc(C(=O)Nn2c(=N)sc3cc(C(=O)O)ccc32)cc1)C1CC1. The van der Waals surface area contributed by atoms with E-state index < -0.39 is 17.5 Å². The van der Waals surface area contributed by atoms with Crippen LogP contribution in [0.25, 0.3) is 10.2 Å². The van der Waals surface area contributed by atoms with Gasteiger partial charge in [-0.1, -0.05) is 23.5 Å². The number of nitrogens with zero attached hydrogens (tertiary/aromatic N) is 2. The van der Waals surface area contributed by atoms with Crippen molar-refractivity contribution in [1.82, 2.24) is 9.58 Å². The number of carboxylic acid groups (broad SMARTS) is 1. The zero-order valence-electron chi connectivity index (χ0n) is 19.1. The van der Waals surface area contributed by atoms with E-state index in [1.165, 1.54) is 16.8 Å². The minimum Gasteiger partial charge on any atom is -0.478 e. The lowest BCUT2D eigenvalue weighted by atomic mass is 10.1. The van der Waals surface area contributed by atoms with Crippen LogP contribution in [0.5, 0.6) is 0 Å². The Labute approximate surface area is 200 Å². The van der Waals surface area contributed by atoms with Gasteiger partial charge in [0.05, 0.1) is 15.8 Å². The van der Waals surface area contributed by atoms with Crippen molar-refractivity contribution in [2.75, 3.05) is 5.43 Å². The van der Waals surface area contributed by atoms with Crippen LogP contribution < -0.4 is 10.2 Å². The van der Waals surface area contributed by atoms with Gasteiger partial charge in [0.2, 0.25) is 4.80 Å². The third-order valence-corrected chi connectivity index (χ3v) is 6.18. The van der Waals surface area contributed by atoms with Gasteiger partial charge in [0.25, 0.3) is 5.91 Å². The Bertz CT molecular complexity index is 1320. The van der Waals surface area contributed by atoms with Crippen LogP contribution in [0.4, 0.5) is 4.79 Å². The number of ether oxygens (including phenoxy) is 1. The molecule has 1 heterocycles. The van der Waals surface area contributed by atoms with E-state index >= 15 is 0 Å². The Balaban J connectivity index is 1.47. The summed E-state index contributed by atoms with van der Waals surface area (Å²) in [6.07, 6.45) is 1.57. The first-order chi connectivity index (χ1) is 16.0. The average Bonchev–Trinajstić information content (AvgIpc) is 3.55. The summed E-state index contributed by atoms with van der Waals surface area (Å²) in [6, 6.07) is 11.6. The number of fused-ring (bicyclic) bond motifs is 1. The second kappa shape index (κ2) is 8.94. The smallest absolute Gasteiger partial charge is 0.410 e. The molecule has 0 spiro atoms. The molecule has 3 aromatic rings. The van der Waals surface area contributed by atoms with Crippen molar-refractivity contribution >= 4 is 39.5 Å². The summed E-state index contributed by atoms with van der Waals surface area (Å²) in [5.41, 5.74) is 4.07.